The summed E-state index contributed by atoms with van der Waals surface area (Å²) in [6.45, 7) is 3.02. The zero-order valence-corrected chi connectivity index (χ0v) is 7.88. The molecule has 0 aliphatic carbocycles. The Balaban J connectivity index is 2.48. The Morgan fingerprint density at radius 2 is 2.38 bits per heavy atom. The second-order valence-electron chi connectivity index (χ2n) is 3.47. The lowest BCUT2D eigenvalue weighted by Gasteiger charge is -2.24. The van der Waals surface area contributed by atoms with Gasteiger partial charge in [0, 0.05) is 17.8 Å². The predicted octanol–water partition coefficient (Wildman–Crippen LogP) is 2.10. The third-order valence-corrected chi connectivity index (χ3v) is 2.64. The fourth-order valence-electron chi connectivity index (χ4n) is 1.90. The van der Waals surface area contributed by atoms with Crippen molar-refractivity contribution < 1.29 is 5.11 Å². The number of hydrogen-bond donors (Lipinski definition) is 2. The molecule has 13 heavy (non-hydrogen) atoms. The van der Waals surface area contributed by atoms with Gasteiger partial charge in [-0.2, -0.15) is 0 Å². The van der Waals surface area contributed by atoms with E-state index in [1.807, 2.05) is 12.1 Å². The van der Waals surface area contributed by atoms with Gasteiger partial charge in [0.1, 0.15) is 0 Å². The van der Waals surface area contributed by atoms with E-state index in [-0.39, 0.29) is 6.10 Å². The van der Waals surface area contributed by atoms with Crippen LogP contribution in [0.4, 0.5) is 5.69 Å². The molecule has 0 radical (unpaired) electrons. The van der Waals surface area contributed by atoms with E-state index >= 15 is 0 Å². The predicted molar refractivity (Wildman–Crippen MR) is 53.9 cm³/mol. The molecule has 2 rings (SSSR count). The zero-order chi connectivity index (χ0) is 9.26. The molecule has 0 bridgehead atoms. The number of aryl methyl sites for hydroxylation is 1. The summed E-state index contributed by atoms with van der Waals surface area (Å²) in [4.78, 5) is 0. The molecule has 0 amide bonds. The van der Waals surface area contributed by atoms with E-state index in [1.165, 1.54) is 5.56 Å². The molecule has 0 aromatic heterocycles. The lowest BCUT2D eigenvalue weighted by atomic mass is 9.96. The van der Waals surface area contributed by atoms with Crippen molar-refractivity contribution in [3.05, 3.63) is 29.3 Å². The summed E-state index contributed by atoms with van der Waals surface area (Å²) in [6.07, 6.45) is 1.56. The maximum Gasteiger partial charge on any atom is 0.0826 e. The van der Waals surface area contributed by atoms with Gasteiger partial charge in [-0.25, -0.2) is 0 Å². The summed E-state index contributed by atoms with van der Waals surface area (Å²) in [7, 11) is 0. The largest absolute Gasteiger partial charge is 0.388 e. The van der Waals surface area contributed by atoms with Crippen molar-refractivity contribution in [1.82, 2.24) is 0 Å². The van der Waals surface area contributed by atoms with Gasteiger partial charge >= 0.3 is 0 Å². The summed E-state index contributed by atoms with van der Waals surface area (Å²) >= 11 is 0. The number of fused-ring (bicyclic) bond motifs is 1. The van der Waals surface area contributed by atoms with Crippen molar-refractivity contribution in [3.63, 3.8) is 0 Å². The van der Waals surface area contributed by atoms with Crippen LogP contribution in [-0.4, -0.2) is 11.7 Å². The highest BCUT2D eigenvalue weighted by atomic mass is 16.3. The Morgan fingerprint density at radius 1 is 1.54 bits per heavy atom. The van der Waals surface area contributed by atoms with Gasteiger partial charge < -0.3 is 10.4 Å². The quantitative estimate of drug-likeness (QED) is 0.688. The molecule has 2 heteroatoms. The number of anilines is 1. The minimum atomic E-state index is -0.275. The van der Waals surface area contributed by atoms with Gasteiger partial charge in [-0.3, -0.25) is 0 Å². The van der Waals surface area contributed by atoms with Gasteiger partial charge in [0.2, 0.25) is 0 Å². The van der Waals surface area contributed by atoms with Crippen LogP contribution >= 0.6 is 0 Å². The van der Waals surface area contributed by atoms with Crippen molar-refractivity contribution in [2.45, 2.75) is 25.9 Å². The van der Waals surface area contributed by atoms with E-state index in [2.05, 4.69) is 18.3 Å². The molecular formula is C11H15NO. The molecule has 0 fully saturated rings. The first-order valence-electron chi connectivity index (χ1n) is 4.86. The fraction of sp³-hybridized carbons (Fsp3) is 0.455. The molecule has 1 aliphatic heterocycles. The molecule has 1 aliphatic rings. The first kappa shape index (κ1) is 8.57. The van der Waals surface area contributed by atoms with Crippen molar-refractivity contribution in [1.29, 1.82) is 0 Å². The van der Waals surface area contributed by atoms with Crippen molar-refractivity contribution >= 4 is 5.69 Å². The second-order valence-corrected chi connectivity index (χ2v) is 3.47. The minimum absolute atomic E-state index is 0.275. The second kappa shape index (κ2) is 3.38. The summed E-state index contributed by atoms with van der Waals surface area (Å²) < 4.78 is 0. The third-order valence-electron chi connectivity index (χ3n) is 2.64. The zero-order valence-electron chi connectivity index (χ0n) is 7.88. The molecule has 2 nitrogen and oxygen atoms in total. The van der Waals surface area contributed by atoms with Crippen molar-refractivity contribution in [2.75, 3.05) is 11.9 Å². The van der Waals surface area contributed by atoms with E-state index in [0.717, 1.165) is 30.6 Å². The third kappa shape index (κ3) is 1.42. The highest BCUT2D eigenvalue weighted by Crippen LogP contribution is 2.32. The van der Waals surface area contributed by atoms with Crippen LogP contribution in [-0.2, 0) is 6.42 Å². The number of nitrogens with one attached hydrogen (secondary N) is 1. The average molecular weight is 177 g/mol. The molecule has 1 aromatic rings. The average Bonchev–Trinajstić information content (AvgIpc) is 2.18. The SMILES string of the molecule is CCc1cccc2c1NCCC2O. The van der Waals surface area contributed by atoms with Gasteiger partial charge in [0.05, 0.1) is 6.10 Å². The van der Waals surface area contributed by atoms with Crippen LogP contribution in [0, 0.1) is 0 Å². The normalized spacial score (nSPS) is 20.6. The van der Waals surface area contributed by atoms with Gasteiger partial charge in [-0.1, -0.05) is 25.1 Å². The van der Waals surface area contributed by atoms with Gasteiger partial charge in [-0.15, -0.1) is 0 Å². The molecule has 2 N–H and O–H groups in total. The molecule has 1 atom stereocenters. The lowest BCUT2D eigenvalue weighted by Crippen LogP contribution is -2.17. The molecule has 1 unspecified atom stereocenters. The molecule has 0 saturated heterocycles. The lowest BCUT2D eigenvalue weighted by molar-refractivity contribution is 0.168. The van der Waals surface area contributed by atoms with E-state index < -0.39 is 0 Å². The highest BCUT2D eigenvalue weighted by Gasteiger charge is 2.18. The fourth-order valence-corrected chi connectivity index (χ4v) is 1.90. The monoisotopic (exact) mass is 177 g/mol. The van der Waals surface area contributed by atoms with E-state index in [4.69, 9.17) is 0 Å². The molecule has 1 heterocycles. The van der Waals surface area contributed by atoms with E-state index in [1.54, 1.807) is 0 Å². The highest BCUT2D eigenvalue weighted by molar-refractivity contribution is 5.60. The van der Waals surface area contributed by atoms with Crippen LogP contribution < -0.4 is 5.32 Å². The standard InChI is InChI=1S/C11H15NO/c1-2-8-4-3-5-9-10(13)6-7-12-11(8)9/h3-5,10,12-13H,2,6-7H2,1H3. The summed E-state index contributed by atoms with van der Waals surface area (Å²) in [5.74, 6) is 0. The maximum absolute atomic E-state index is 9.74. The van der Waals surface area contributed by atoms with Gasteiger partial charge in [0.15, 0.2) is 0 Å². The number of hydrogen-bond acceptors (Lipinski definition) is 2. The molecular weight excluding hydrogens is 162 g/mol. The summed E-state index contributed by atoms with van der Waals surface area (Å²) in [6, 6.07) is 6.14. The first-order chi connectivity index (χ1) is 6.33. The minimum Gasteiger partial charge on any atom is -0.388 e. The van der Waals surface area contributed by atoms with Gasteiger partial charge in [-0.05, 0) is 18.4 Å². The molecule has 0 spiro atoms. The van der Waals surface area contributed by atoms with Crippen LogP contribution in [0.2, 0.25) is 0 Å². The van der Waals surface area contributed by atoms with Crippen LogP contribution in [0.1, 0.15) is 30.6 Å². The number of para-hydroxylation sites is 1. The van der Waals surface area contributed by atoms with Crippen molar-refractivity contribution in [2.24, 2.45) is 0 Å². The molecule has 70 valence electrons. The van der Waals surface area contributed by atoms with Crippen LogP contribution in [0.15, 0.2) is 18.2 Å². The van der Waals surface area contributed by atoms with E-state index in [9.17, 15) is 5.11 Å². The van der Waals surface area contributed by atoms with Gasteiger partial charge in [0.25, 0.3) is 0 Å². The Labute approximate surface area is 78.6 Å². The van der Waals surface area contributed by atoms with Crippen LogP contribution in [0.3, 0.4) is 0 Å². The number of aliphatic hydroxyl groups is 1. The first-order valence-corrected chi connectivity index (χ1v) is 4.86. The number of aliphatic hydroxyl groups excluding tert-OH is 1. The number of benzene rings is 1. The molecule has 1 aromatic carbocycles. The molecule has 0 saturated carbocycles. The Morgan fingerprint density at radius 3 is 3.15 bits per heavy atom. The summed E-state index contributed by atoms with van der Waals surface area (Å²) in [5, 5.41) is 13.1. The Bertz CT molecular complexity index is 309. The van der Waals surface area contributed by atoms with Crippen LogP contribution in [0.5, 0.6) is 0 Å². The topological polar surface area (TPSA) is 32.3 Å². The van der Waals surface area contributed by atoms with Crippen LogP contribution in [0.25, 0.3) is 0 Å². The smallest absolute Gasteiger partial charge is 0.0826 e. The Kier molecular flexibility index (Phi) is 2.23. The Hall–Kier alpha value is -1.02. The summed E-state index contributed by atoms with van der Waals surface area (Å²) in [5.41, 5.74) is 3.52. The van der Waals surface area contributed by atoms with Crippen molar-refractivity contribution in [3.8, 4) is 0 Å². The van der Waals surface area contributed by atoms with E-state index in [0.29, 0.717) is 0 Å². The number of rotatable bonds is 1. The maximum atomic E-state index is 9.74.